The zero-order valence-corrected chi connectivity index (χ0v) is 14.3. The molecule has 1 aliphatic rings. The maximum atomic E-state index is 12.3. The van der Waals surface area contributed by atoms with E-state index in [1.807, 2.05) is 59.5 Å². The Morgan fingerprint density at radius 2 is 1.85 bits per heavy atom. The molecule has 2 aromatic carbocycles. The van der Waals surface area contributed by atoms with Gasteiger partial charge in [0.1, 0.15) is 0 Å². The van der Waals surface area contributed by atoms with Crippen molar-refractivity contribution in [3.05, 3.63) is 71.6 Å². The topological polar surface area (TPSA) is 85.2 Å². The molecular weight excluding hydrogens is 328 g/mol. The lowest BCUT2D eigenvalue weighted by atomic mass is 10.1. The summed E-state index contributed by atoms with van der Waals surface area (Å²) in [6, 6.07) is 17.7. The third-order valence-corrected chi connectivity index (χ3v) is 4.67. The molecule has 3 aromatic rings. The summed E-state index contributed by atoms with van der Waals surface area (Å²) in [5, 5.41) is 4.07. The Balaban J connectivity index is 1.46. The zero-order chi connectivity index (χ0) is 17.9. The van der Waals surface area contributed by atoms with Crippen molar-refractivity contribution in [1.82, 2.24) is 15.0 Å². The van der Waals surface area contributed by atoms with E-state index in [0.717, 1.165) is 16.7 Å². The molecule has 6 heteroatoms. The van der Waals surface area contributed by atoms with E-state index >= 15 is 0 Å². The first-order chi connectivity index (χ1) is 12.7. The molecule has 0 bridgehead atoms. The molecule has 1 amide bonds. The Hall–Kier alpha value is -2.99. The number of likely N-dealkylation sites (tertiary alicyclic amines) is 1. The summed E-state index contributed by atoms with van der Waals surface area (Å²) in [6.45, 7) is 1.71. The van der Waals surface area contributed by atoms with Crippen LogP contribution in [0.4, 0.5) is 0 Å². The van der Waals surface area contributed by atoms with Crippen molar-refractivity contribution < 1.29 is 9.32 Å². The smallest absolute Gasteiger partial charge is 0.232 e. The molecule has 4 rings (SSSR count). The lowest BCUT2D eigenvalue weighted by molar-refractivity contribution is -0.128. The van der Waals surface area contributed by atoms with Crippen molar-refractivity contribution in [2.45, 2.75) is 25.4 Å². The highest BCUT2D eigenvalue weighted by atomic mass is 16.5. The molecular formula is C20H20N4O2. The van der Waals surface area contributed by atoms with Gasteiger partial charge in [-0.1, -0.05) is 59.8 Å². The fraction of sp³-hybridized carbons (Fsp3) is 0.250. The number of amides is 1. The molecule has 26 heavy (non-hydrogen) atoms. The Labute approximate surface area is 151 Å². The largest absolute Gasteiger partial charge is 0.339 e. The quantitative estimate of drug-likeness (QED) is 0.766. The predicted molar refractivity (Wildman–Crippen MR) is 96.8 cm³/mol. The van der Waals surface area contributed by atoms with Crippen molar-refractivity contribution >= 4 is 5.91 Å². The average molecular weight is 348 g/mol. The van der Waals surface area contributed by atoms with Crippen LogP contribution in [-0.2, 0) is 17.9 Å². The van der Waals surface area contributed by atoms with Crippen LogP contribution >= 0.6 is 0 Å². The van der Waals surface area contributed by atoms with Gasteiger partial charge >= 0.3 is 0 Å². The third kappa shape index (κ3) is 3.36. The van der Waals surface area contributed by atoms with Crippen molar-refractivity contribution in [1.29, 1.82) is 0 Å². The van der Waals surface area contributed by atoms with E-state index in [1.165, 1.54) is 0 Å². The molecule has 1 saturated heterocycles. The minimum absolute atomic E-state index is 0.0595. The van der Waals surface area contributed by atoms with E-state index in [9.17, 15) is 4.79 Å². The SMILES string of the molecule is NCc1ccc(-c2noc(C3CC(=O)N(Cc4ccccc4)C3)n2)cc1. The van der Waals surface area contributed by atoms with Crippen LogP contribution < -0.4 is 5.73 Å². The van der Waals surface area contributed by atoms with Gasteiger partial charge in [0.15, 0.2) is 0 Å². The van der Waals surface area contributed by atoms with E-state index in [1.54, 1.807) is 0 Å². The monoisotopic (exact) mass is 348 g/mol. The summed E-state index contributed by atoms with van der Waals surface area (Å²) in [6.07, 6.45) is 0.403. The molecule has 0 saturated carbocycles. The molecule has 1 aliphatic heterocycles. The number of nitrogens with zero attached hydrogens (tertiary/aromatic N) is 3. The molecule has 1 aromatic heterocycles. The average Bonchev–Trinajstić information content (AvgIpc) is 3.30. The first kappa shape index (κ1) is 16.5. The van der Waals surface area contributed by atoms with Crippen LogP contribution in [0.3, 0.4) is 0 Å². The molecule has 132 valence electrons. The van der Waals surface area contributed by atoms with Crippen LogP contribution in [0.5, 0.6) is 0 Å². The molecule has 2 heterocycles. The maximum Gasteiger partial charge on any atom is 0.232 e. The van der Waals surface area contributed by atoms with Crippen LogP contribution in [0.25, 0.3) is 11.4 Å². The van der Waals surface area contributed by atoms with Gasteiger partial charge < -0.3 is 15.2 Å². The van der Waals surface area contributed by atoms with Crippen molar-refractivity contribution in [2.24, 2.45) is 5.73 Å². The summed E-state index contributed by atoms with van der Waals surface area (Å²) in [5.41, 5.74) is 8.67. The molecule has 0 aliphatic carbocycles. The van der Waals surface area contributed by atoms with Gasteiger partial charge in [0.05, 0.1) is 5.92 Å². The van der Waals surface area contributed by atoms with Gasteiger partial charge in [-0.15, -0.1) is 0 Å². The standard InChI is InChI=1S/C20H20N4O2/c21-11-14-6-8-16(9-7-14)19-22-20(26-23-19)17-10-18(25)24(13-17)12-15-4-2-1-3-5-15/h1-9,17H,10-13,21H2. The summed E-state index contributed by atoms with van der Waals surface area (Å²) < 4.78 is 5.44. The minimum atomic E-state index is -0.0595. The summed E-state index contributed by atoms with van der Waals surface area (Å²) in [5.74, 6) is 1.12. The van der Waals surface area contributed by atoms with Crippen LogP contribution in [-0.4, -0.2) is 27.5 Å². The fourth-order valence-electron chi connectivity index (χ4n) is 3.20. The van der Waals surface area contributed by atoms with E-state index in [4.69, 9.17) is 10.3 Å². The predicted octanol–water partition coefficient (Wildman–Crippen LogP) is 2.71. The number of hydrogen-bond acceptors (Lipinski definition) is 5. The summed E-state index contributed by atoms with van der Waals surface area (Å²) >= 11 is 0. The van der Waals surface area contributed by atoms with Crippen LogP contribution in [0, 0.1) is 0 Å². The van der Waals surface area contributed by atoms with E-state index in [-0.39, 0.29) is 11.8 Å². The van der Waals surface area contributed by atoms with Crippen LogP contribution in [0.1, 0.15) is 29.4 Å². The Kier molecular flexibility index (Phi) is 4.50. The van der Waals surface area contributed by atoms with Crippen molar-refractivity contribution in [3.63, 3.8) is 0 Å². The van der Waals surface area contributed by atoms with Crippen molar-refractivity contribution in [3.8, 4) is 11.4 Å². The number of hydrogen-bond donors (Lipinski definition) is 1. The number of carbonyl (C=O) groups excluding carboxylic acids is 1. The van der Waals surface area contributed by atoms with Gasteiger partial charge in [0.25, 0.3) is 0 Å². The normalized spacial score (nSPS) is 17.0. The second-order valence-electron chi connectivity index (χ2n) is 6.52. The summed E-state index contributed by atoms with van der Waals surface area (Å²) in [7, 11) is 0. The number of rotatable bonds is 5. The third-order valence-electron chi connectivity index (χ3n) is 4.67. The second-order valence-corrected chi connectivity index (χ2v) is 6.52. The van der Waals surface area contributed by atoms with Gasteiger partial charge in [0.2, 0.25) is 17.6 Å². The van der Waals surface area contributed by atoms with Crippen LogP contribution in [0.15, 0.2) is 59.1 Å². The molecule has 0 spiro atoms. The number of nitrogens with two attached hydrogens (primary N) is 1. The Bertz CT molecular complexity index is 890. The van der Waals surface area contributed by atoms with Crippen molar-refractivity contribution in [2.75, 3.05) is 6.54 Å². The van der Waals surface area contributed by atoms with Gasteiger partial charge in [-0.2, -0.15) is 4.98 Å². The van der Waals surface area contributed by atoms with Gasteiger partial charge in [0, 0.05) is 31.6 Å². The Morgan fingerprint density at radius 3 is 2.58 bits per heavy atom. The van der Waals surface area contributed by atoms with E-state index < -0.39 is 0 Å². The highest BCUT2D eigenvalue weighted by Crippen LogP contribution is 2.29. The van der Waals surface area contributed by atoms with Gasteiger partial charge in [-0.3, -0.25) is 4.79 Å². The molecule has 1 fully saturated rings. The number of benzene rings is 2. The molecule has 0 radical (unpaired) electrons. The highest BCUT2D eigenvalue weighted by molar-refractivity contribution is 5.79. The first-order valence-electron chi connectivity index (χ1n) is 8.67. The molecule has 2 N–H and O–H groups in total. The minimum Gasteiger partial charge on any atom is -0.339 e. The highest BCUT2D eigenvalue weighted by Gasteiger charge is 2.34. The maximum absolute atomic E-state index is 12.3. The Morgan fingerprint density at radius 1 is 1.08 bits per heavy atom. The second kappa shape index (κ2) is 7.09. The first-order valence-corrected chi connectivity index (χ1v) is 8.67. The molecule has 1 atom stereocenters. The summed E-state index contributed by atoms with van der Waals surface area (Å²) in [4.78, 5) is 18.7. The lowest BCUT2D eigenvalue weighted by Crippen LogP contribution is -2.24. The lowest BCUT2D eigenvalue weighted by Gasteiger charge is -2.15. The van der Waals surface area contributed by atoms with Crippen LogP contribution in [0.2, 0.25) is 0 Å². The molecule has 1 unspecified atom stereocenters. The number of carbonyl (C=O) groups is 1. The molecule has 6 nitrogen and oxygen atoms in total. The fourth-order valence-corrected chi connectivity index (χ4v) is 3.20. The zero-order valence-electron chi connectivity index (χ0n) is 14.3. The van der Waals surface area contributed by atoms with Gasteiger partial charge in [-0.25, -0.2) is 0 Å². The van der Waals surface area contributed by atoms with E-state index in [2.05, 4.69) is 10.1 Å². The van der Waals surface area contributed by atoms with E-state index in [0.29, 0.717) is 37.8 Å². The number of aromatic nitrogens is 2. The van der Waals surface area contributed by atoms with Gasteiger partial charge in [-0.05, 0) is 11.1 Å².